The van der Waals surface area contributed by atoms with Gasteiger partial charge in [0, 0.05) is 32.4 Å². The fourth-order valence-electron chi connectivity index (χ4n) is 4.97. The largest absolute Gasteiger partial charge is 0.354 e. The molecule has 0 N–H and O–H groups in total. The van der Waals surface area contributed by atoms with Crippen molar-refractivity contribution < 1.29 is 8.42 Å². The second-order valence-corrected chi connectivity index (χ2v) is 11.3. The summed E-state index contributed by atoms with van der Waals surface area (Å²) in [4.78, 5) is 13.9. The Hall–Kier alpha value is -3.23. The molecule has 2 atom stereocenters. The van der Waals surface area contributed by atoms with Gasteiger partial charge in [-0.25, -0.2) is 22.4 Å². The van der Waals surface area contributed by atoms with Crippen LogP contribution in [-0.4, -0.2) is 53.4 Å². The summed E-state index contributed by atoms with van der Waals surface area (Å²) < 4.78 is 28.0. The molecule has 1 aliphatic heterocycles. The number of hydrogen-bond donors (Lipinski definition) is 0. The summed E-state index contributed by atoms with van der Waals surface area (Å²) in [6.45, 7) is 7.11. The number of fused-ring (bicyclic) bond motifs is 1. The molecule has 4 aromatic rings. The number of anilines is 1. The van der Waals surface area contributed by atoms with Gasteiger partial charge >= 0.3 is 0 Å². The molecule has 5 rings (SSSR count). The monoisotopic (exact) mass is 489 g/mol. The quantitative estimate of drug-likeness (QED) is 0.402. The first-order valence-electron chi connectivity index (χ1n) is 12.0. The topological polar surface area (TPSA) is 71.3 Å². The summed E-state index contributed by atoms with van der Waals surface area (Å²) >= 11 is 0. The lowest BCUT2D eigenvalue weighted by atomic mass is 9.92. The van der Waals surface area contributed by atoms with Gasteiger partial charge in [0.1, 0.15) is 12.1 Å². The van der Waals surface area contributed by atoms with Crippen molar-refractivity contribution in [3.8, 4) is 0 Å². The molecule has 0 saturated carbocycles. The summed E-state index contributed by atoms with van der Waals surface area (Å²) in [6, 6.07) is 19.5. The van der Waals surface area contributed by atoms with Gasteiger partial charge in [0.2, 0.25) is 0 Å². The summed E-state index contributed by atoms with van der Waals surface area (Å²) in [5, 5.41) is 0.734. The van der Waals surface area contributed by atoms with Crippen LogP contribution in [-0.2, 0) is 16.6 Å². The van der Waals surface area contributed by atoms with Gasteiger partial charge in [-0.15, -0.1) is 0 Å². The molecule has 1 fully saturated rings. The van der Waals surface area contributed by atoms with Gasteiger partial charge in [-0.3, -0.25) is 4.90 Å². The molecule has 0 amide bonds. The van der Waals surface area contributed by atoms with Crippen molar-refractivity contribution in [1.82, 2.24) is 18.8 Å². The summed E-state index contributed by atoms with van der Waals surface area (Å²) in [5.74, 6) is 1.24. The van der Waals surface area contributed by atoms with Crippen LogP contribution in [0.25, 0.3) is 11.0 Å². The molecule has 0 radical (unpaired) electrons. The van der Waals surface area contributed by atoms with E-state index in [1.54, 1.807) is 30.5 Å². The average molecular weight is 490 g/mol. The van der Waals surface area contributed by atoms with E-state index >= 15 is 0 Å². The van der Waals surface area contributed by atoms with Crippen molar-refractivity contribution in [2.24, 2.45) is 5.92 Å². The first-order valence-corrected chi connectivity index (χ1v) is 13.4. The molecule has 0 bridgehead atoms. The second-order valence-electron chi connectivity index (χ2n) is 9.53. The molecular formula is C27H31N5O2S. The van der Waals surface area contributed by atoms with E-state index in [2.05, 4.69) is 58.0 Å². The van der Waals surface area contributed by atoms with Crippen LogP contribution in [0.4, 0.5) is 5.82 Å². The summed E-state index contributed by atoms with van der Waals surface area (Å²) in [7, 11) is -1.70. The Bertz CT molecular complexity index is 1420. The third kappa shape index (κ3) is 4.56. The highest BCUT2D eigenvalue weighted by Crippen LogP contribution is 2.31. The maximum atomic E-state index is 13.4. The van der Waals surface area contributed by atoms with Crippen molar-refractivity contribution in [2.45, 2.75) is 37.8 Å². The van der Waals surface area contributed by atoms with Gasteiger partial charge in [-0.2, -0.15) is 0 Å². The van der Waals surface area contributed by atoms with Gasteiger partial charge in [0.15, 0.2) is 5.65 Å². The van der Waals surface area contributed by atoms with Crippen molar-refractivity contribution in [1.29, 1.82) is 0 Å². The standard InChI is InChI=1S/C27H31N5O2S/c1-20-9-11-23(12-10-20)35(33,34)32-16-14-24-26(28-19-29-27(24)32)30(3)25-18-31(15-13-21(25)2)17-22-7-5-4-6-8-22/h4-12,14,16,19,21,25H,13,15,17-18H2,1-3H3/t21-,25-/m0/s1. The van der Waals surface area contributed by atoms with Gasteiger partial charge in [-0.1, -0.05) is 55.0 Å². The van der Waals surface area contributed by atoms with Crippen LogP contribution in [0.15, 0.2) is 78.1 Å². The van der Waals surface area contributed by atoms with Crippen molar-refractivity contribution in [2.75, 3.05) is 25.0 Å². The van der Waals surface area contributed by atoms with Crippen LogP contribution in [0.5, 0.6) is 0 Å². The molecule has 8 heteroatoms. The Morgan fingerprint density at radius 2 is 1.77 bits per heavy atom. The van der Waals surface area contributed by atoms with Crippen molar-refractivity contribution >= 4 is 26.9 Å². The first kappa shape index (κ1) is 23.5. The fraction of sp³-hybridized carbons (Fsp3) is 0.333. The molecule has 35 heavy (non-hydrogen) atoms. The Labute approximate surface area is 207 Å². The van der Waals surface area contributed by atoms with E-state index in [0.717, 1.165) is 42.8 Å². The minimum Gasteiger partial charge on any atom is -0.354 e. The number of benzene rings is 2. The minimum atomic E-state index is -3.76. The zero-order chi connectivity index (χ0) is 24.6. The van der Waals surface area contributed by atoms with Crippen LogP contribution in [0, 0.1) is 12.8 Å². The van der Waals surface area contributed by atoms with Gasteiger partial charge in [0.05, 0.1) is 10.3 Å². The maximum absolute atomic E-state index is 13.4. The molecule has 7 nitrogen and oxygen atoms in total. The summed E-state index contributed by atoms with van der Waals surface area (Å²) in [6.07, 6.45) is 4.14. The normalized spacial score (nSPS) is 19.2. The van der Waals surface area contributed by atoms with Crippen LogP contribution in [0.3, 0.4) is 0 Å². The lowest BCUT2D eigenvalue weighted by Gasteiger charge is -2.42. The smallest absolute Gasteiger partial charge is 0.269 e. The molecule has 0 spiro atoms. The maximum Gasteiger partial charge on any atom is 0.269 e. The molecule has 2 aromatic heterocycles. The van der Waals surface area contributed by atoms with Crippen molar-refractivity contribution in [3.63, 3.8) is 0 Å². The number of piperidine rings is 1. The number of aromatic nitrogens is 3. The molecular weight excluding hydrogens is 458 g/mol. The Kier molecular flexibility index (Phi) is 6.34. The van der Waals surface area contributed by atoms with Gasteiger partial charge in [0.25, 0.3) is 10.0 Å². The predicted octanol–water partition coefficient (Wildman–Crippen LogP) is 4.32. The lowest BCUT2D eigenvalue weighted by Crippen LogP contribution is -2.50. The van der Waals surface area contributed by atoms with Crippen LogP contribution in [0.1, 0.15) is 24.5 Å². The zero-order valence-corrected chi connectivity index (χ0v) is 21.2. The van der Waals surface area contributed by atoms with E-state index in [1.807, 2.05) is 19.1 Å². The molecule has 3 heterocycles. The molecule has 0 aliphatic carbocycles. The van der Waals surface area contributed by atoms with E-state index in [0.29, 0.717) is 11.6 Å². The zero-order valence-electron chi connectivity index (χ0n) is 20.4. The van der Waals surface area contributed by atoms with E-state index in [9.17, 15) is 8.42 Å². The number of rotatable bonds is 6. The Morgan fingerprint density at radius 3 is 2.51 bits per heavy atom. The van der Waals surface area contributed by atoms with Crippen LogP contribution >= 0.6 is 0 Å². The molecule has 1 saturated heterocycles. The highest BCUT2D eigenvalue weighted by molar-refractivity contribution is 7.90. The number of nitrogens with zero attached hydrogens (tertiary/aromatic N) is 5. The highest BCUT2D eigenvalue weighted by atomic mass is 32.2. The number of likely N-dealkylation sites (tertiary alicyclic amines) is 1. The number of likely N-dealkylation sites (N-methyl/N-ethyl adjacent to an activating group) is 1. The van der Waals surface area contributed by atoms with Crippen LogP contribution in [0.2, 0.25) is 0 Å². The molecule has 1 aliphatic rings. The number of aryl methyl sites for hydroxylation is 1. The fourth-order valence-corrected chi connectivity index (χ4v) is 6.28. The minimum absolute atomic E-state index is 0.242. The predicted molar refractivity (Wildman–Crippen MR) is 139 cm³/mol. The molecule has 0 unspecified atom stereocenters. The second kappa shape index (κ2) is 9.43. The summed E-state index contributed by atoms with van der Waals surface area (Å²) in [5.41, 5.74) is 2.72. The third-order valence-corrected chi connectivity index (χ3v) is 8.77. The average Bonchev–Trinajstić information content (AvgIpc) is 3.31. The van der Waals surface area contributed by atoms with Crippen molar-refractivity contribution in [3.05, 3.63) is 84.3 Å². The SMILES string of the molecule is Cc1ccc(S(=O)(=O)n2ccc3c(N(C)[C@H]4CN(Cc5ccccc5)CC[C@@H]4C)ncnc32)cc1. The third-order valence-electron chi connectivity index (χ3n) is 7.09. The Morgan fingerprint density at radius 1 is 1.03 bits per heavy atom. The van der Waals surface area contributed by atoms with E-state index in [1.165, 1.54) is 15.9 Å². The Balaban J connectivity index is 1.44. The van der Waals surface area contributed by atoms with Crippen LogP contribution < -0.4 is 4.90 Å². The molecule has 2 aromatic carbocycles. The number of hydrogen-bond acceptors (Lipinski definition) is 6. The van der Waals surface area contributed by atoms with Gasteiger partial charge < -0.3 is 4.90 Å². The van der Waals surface area contributed by atoms with E-state index < -0.39 is 10.0 Å². The van der Waals surface area contributed by atoms with E-state index in [4.69, 9.17) is 0 Å². The highest BCUT2D eigenvalue weighted by Gasteiger charge is 2.31. The first-order chi connectivity index (χ1) is 16.8. The lowest BCUT2D eigenvalue weighted by molar-refractivity contribution is 0.159. The van der Waals surface area contributed by atoms with Gasteiger partial charge in [-0.05, 0) is 49.6 Å². The van der Waals surface area contributed by atoms with E-state index in [-0.39, 0.29) is 10.9 Å². The molecule has 182 valence electrons.